The number of methoxy groups -OCH3 is 1. The van der Waals surface area contributed by atoms with E-state index in [0.29, 0.717) is 36.0 Å². The summed E-state index contributed by atoms with van der Waals surface area (Å²) in [6.07, 6.45) is 0.547. The highest BCUT2D eigenvalue weighted by Crippen LogP contribution is 2.26. The summed E-state index contributed by atoms with van der Waals surface area (Å²) in [6.45, 7) is 0.666. The van der Waals surface area contributed by atoms with Crippen molar-refractivity contribution in [3.8, 4) is 11.7 Å². The summed E-state index contributed by atoms with van der Waals surface area (Å²) >= 11 is 0. The number of benzene rings is 1. The number of hydrogen-bond donors (Lipinski definition) is 2. The highest BCUT2D eigenvalue weighted by atomic mass is 19.1. The molecule has 3 heterocycles. The van der Waals surface area contributed by atoms with Crippen LogP contribution in [0, 0.1) is 5.82 Å². The number of carbonyl (C=O) groups is 1. The Morgan fingerprint density at radius 2 is 2.12 bits per heavy atom. The van der Waals surface area contributed by atoms with E-state index in [1.807, 2.05) is 0 Å². The Hall–Kier alpha value is -3.07. The van der Waals surface area contributed by atoms with Gasteiger partial charge in [0.1, 0.15) is 18.1 Å². The SMILES string of the molecule is COCc1noc(-c2nc3c([nH]2)C[C@H](c2ccc(F)cc2)CNC3=O)n1. The van der Waals surface area contributed by atoms with Crippen LogP contribution < -0.4 is 5.32 Å². The third kappa shape index (κ3) is 3.08. The average Bonchev–Trinajstić information content (AvgIpc) is 3.23. The number of nitrogens with zero attached hydrogens (tertiary/aromatic N) is 3. The van der Waals surface area contributed by atoms with Crippen molar-refractivity contribution in [2.45, 2.75) is 18.9 Å². The van der Waals surface area contributed by atoms with Crippen LogP contribution in [0.3, 0.4) is 0 Å². The first-order valence-corrected chi connectivity index (χ1v) is 8.08. The van der Waals surface area contributed by atoms with Gasteiger partial charge in [-0.3, -0.25) is 4.79 Å². The molecule has 26 heavy (non-hydrogen) atoms. The molecular weight excluding hydrogens is 341 g/mol. The molecule has 0 aliphatic carbocycles. The number of carbonyl (C=O) groups excluding carboxylic acids is 1. The molecule has 134 valence electrons. The standard InChI is InChI=1S/C17H16FN5O3/c1-25-8-13-21-17(26-23-13)15-20-12-6-10(7-19-16(24)14(12)22-15)9-2-4-11(18)5-3-9/h2-5,10H,6-8H2,1H3,(H,19,24)(H,20,22)/t10-/m0/s1. The number of amides is 1. The Kier molecular flexibility index (Phi) is 4.21. The normalized spacial score (nSPS) is 16.8. The van der Waals surface area contributed by atoms with Crippen LogP contribution in [0.2, 0.25) is 0 Å². The van der Waals surface area contributed by atoms with Crippen molar-refractivity contribution < 1.29 is 18.4 Å². The monoisotopic (exact) mass is 357 g/mol. The second kappa shape index (κ2) is 6.68. The third-order valence-electron chi connectivity index (χ3n) is 4.24. The molecule has 9 heteroatoms. The van der Waals surface area contributed by atoms with Crippen LogP contribution in [-0.2, 0) is 17.8 Å². The molecule has 1 aromatic carbocycles. The van der Waals surface area contributed by atoms with Gasteiger partial charge in [0.25, 0.3) is 11.8 Å². The maximum Gasteiger partial charge on any atom is 0.293 e. The smallest absolute Gasteiger partial charge is 0.293 e. The van der Waals surface area contributed by atoms with Crippen molar-refractivity contribution in [2.75, 3.05) is 13.7 Å². The summed E-state index contributed by atoms with van der Waals surface area (Å²) in [6, 6.07) is 6.28. The van der Waals surface area contributed by atoms with Crippen LogP contribution in [0.25, 0.3) is 11.7 Å². The van der Waals surface area contributed by atoms with E-state index in [2.05, 4.69) is 25.4 Å². The van der Waals surface area contributed by atoms with Crippen LogP contribution in [0.15, 0.2) is 28.8 Å². The molecule has 1 aliphatic heterocycles. The fraction of sp³-hybridized carbons (Fsp3) is 0.294. The topological polar surface area (TPSA) is 106 Å². The van der Waals surface area contributed by atoms with Gasteiger partial charge in [0.2, 0.25) is 0 Å². The van der Waals surface area contributed by atoms with Crippen molar-refractivity contribution in [3.05, 3.63) is 52.9 Å². The van der Waals surface area contributed by atoms with E-state index in [9.17, 15) is 9.18 Å². The molecule has 0 unspecified atom stereocenters. The van der Waals surface area contributed by atoms with E-state index in [-0.39, 0.29) is 30.1 Å². The molecule has 0 fully saturated rings. The summed E-state index contributed by atoms with van der Waals surface area (Å²) in [7, 11) is 1.53. The number of hydrogen-bond acceptors (Lipinski definition) is 6. The first-order valence-electron chi connectivity index (χ1n) is 8.08. The van der Waals surface area contributed by atoms with Gasteiger partial charge in [-0.2, -0.15) is 4.98 Å². The lowest BCUT2D eigenvalue weighted by molar-refractivity contribution is 0.0950. The second-order valence-electron chi connectivity index (χ2n) is 6.02. The van der Waals surface area contributed by atoms with Crippen LogP contribution in [-0.4, -0.2) is 39.7 Å². The van der Waals surface area contributed by atoms with Gasteiger partial charge >= 0.3 is 0 Å². The van der Waals surface area contributed by atoms with E-state index in [4.69, 9.17) is 9.26 Å². The van der Waals surface area contributed by atoms with Gasteiger partial charge in [-0.05, 0) is 24.1 Å². The van der Waals surface area contributed by atoms with Gasteiger partial charge in [-0.25, -0.2) is 9.37 Å². The number of fused-ring (bicyclic) bond motifs is 1. The lowest BCUT2D eigenvalue weighted by Gasteiger charge is -2.14. The van der Waals surface area contributed by atoms with Crippen LogP contribution in [0.1, 0.15) is 33.5 Å². The minimum absolute atomic E-state index is 0.000776. The van der Waals surface area contributed by atoms with Crippen LogP contribution >= 0.6 is 0 Å². The van der Waals surface area contributed by atoms with Gasteiger partial charge in [-0.15, -0.1) is 0 Å². The largest absolute Gasteiger partial charge is 0.377 e. The van der Waals surface area contributed by atoms with E-state index < -0.39 is 0 Å². The number of H-pyrrole nitrogens is 1. The molecule has 0 bridgehead atoms. The average molecular weight is 357 g/mol. The Morgan fingerprint density at radius 1 is 1.31 bits per heavy atom. The summed E-state index contributed by atoms with van der Waals surface area (Å²) in [5.74, 6) is 0.350. The molecule has 0 saturated carbocycles. The predicted octanol–water partition coefficient (Wildman–Crippen LogP) is 1.81. The molecular formula is C17H16FN5O3. The molecule has 2 aromatic heterocycles. The molecule has 0 saturated heterocycles. The van der Waals surface area contributed by atoms with E-state index in [0.717, 1.165) is 5.56 Å². The molecule has 3 aromatic rings. The Morgan fingerprint density at radius 3 is 2.88 bits per heavy atom. The number of aromatic nitrogens is 4. The van der Waals surface area contributed by atoms with Crippen molar-refractivity contribution in [2.24, 2.45) is 0 Å². The van der Waals surface area contributed by atoms with Crippen LogP contribution in [0.4, 0.5) is 4.39 Å². The maximum absolute atomic E-state index is 13.2. The number of rotatable bonds is 4. The quantitative estimate of drug-likeness (QED) is 0.738. The number of aromatic amines is 1. The van der Waals surface area contributed by atoms with E-state index in [1.165, 1.54) is 19.2 Å². The highest BCUT2D eigenvalue weighted by molar-refractivity contribution is 5.94. The summed E-state index contributed by atoms with van der Waals surface area (Å²) < 4.78 is 23.3. The van der Waals surface area contributed by atoms with Crippen molar-refractivity contribution in [3.63, 3.8) is 0 Å². The molecule has 1 amide bonds. The van der Waals surface area contributed by atoms with Gasteiger partial charge in [-0.1, -0.05) is 17.3 Å². The zero-order valence-corrected chi connectivity index (χ0v) is 14.0. The molecule has 0 radical (unpaired) electrons. The molecule has 0 spiro atoms. The van der Waals surface area contributed by atoms with Gasteiger partial charge < -0.3 is 19.6 Å². The summed E-state index contributed by atoms with van der Waals surface area (Å²) in [4.78, 5) is 23.9. The van der Waals surface area contributed by atoms with E-state index in [1.54, 1.807) is 12.1 Å². The fourth-order valence-electron chi connectivity index (χ4n) is 2.97. The number of imidazole rings is 1. The Bertz CT molecular complexity index is 934. The maximum atomic E-state index is 13.2. The van der Waals surface area contributed by atoms with E-state index >= 15 is 0 Å². The zero-order valence-electron chi connectivity index (χ0n) is 14.0. The Balaban J connectivity index is 1.64. The third-order valence-corrected chi connectivity index (χ3v) is 4.24. The number of ether oxygens (including phenoxy) is 1. The molecule has 2 N–H and O–H groups in total. The summed E-state index contributed by atoms with van der Waals surface area (Å²) in [5.41, 5.74) is 1.92. The van der Waals surface area contributed by atoms with Crippen LogP contribution in [0.5, 0.6) is 0 Å². The lowest BCUT2D eigenvalue weighted by atomic mass is 9.94. The van der Waals surface area contributed by atoms with Crippen molar-refractivity contribution in [1.29, 1.82) is 0 Å². The highest BCUT2D eigenvalue weighted by Gasteiger charge is 2.27. The van der Waals surface area contributed by atoms with Gasteiger partial charge in [0.05, 0.1) is 0 Å². The second-order valence-corrected chi connectivity index (χ2v) is 6.02. The number of halogens is 1. The number of nitrogens with one attached hydrogen (secondary N) is 2. The minimum Gasteiger partial charge on any atom is -0.377 e. The molecule has 8 nitrogen and oxygen atoms in total. The molecule has 4 rings (SSSR count). The first-order chi connectivity index (χ1) is 12.6. The van der Waals surface area contributed by atoms with Gasteiger partial charge in [0, 0.05) is 25.3 Å². The predicted molar refractivity (Wildman–Crippen MR) is 87.8 cm³/mol. The lowest BCUT2D eigenvalue weighted by Crippen LogP contribution is -2.26. The Labute approximate surface area is 147 Å². The minimum atomic E-state index is -0.292. The summed E-state index contributed by atoms with van der Waals surface area (Å²) in [5, 5.41) is 6.64. The first kappa shape index (κ1) is 16.4. The van der Waals surface area contributed by atoms with Gasteiger partial charge in [0.15, 0.2) is 11.6 Å². The fourth-order valence-corrected chi connectivity index (χ4v) is 2.97. The molecule has 1 aliphatic rings. The molecule has 1 atom stereocenters. The van der Waals surface area contributed by atoms with Crippen molar-refractivity contribution in [1.82, 2.24) is 25.4 Å². The van der Waals surface area contributed by atoms with Crippen molar-refractivity contribution >= 4 is 5.91 Å². The zero-order chi connectivity index (χ0) is 18.1.